The number of carbonyl (C=O) groups excluding carboxylic acids is 9. The van der Waals surface area contributed by atoms with E-state index < -0.39 is 40.1 Å². The van der Waals surface area contributed by atoms with Crippen LogP contribution in [0.5, 0.6) is 0 Å². The van der Waals surface area contributed by atoms with Gasteiger partial charge in [-0.3, -0.25) is 62.0 Å². The number of nitrogens with one attached hydrogen (secondary N) is 3. The molecule has 0 unspecified atom stereocenters. The van der Waals surface area contributed by atoms with Crippen molar-refractivity contribution >= 4 is 228 Å². The molecule has 0 saturated heterocycles. The molecular weight excluding hydrogens is 2110 g/mol. The van der Waals surface area contributed by atoms with Crippen LogP contribution in [0.2, 0.25) is 15.7 Å². The number of carbonyl (C=O) groups is 10. The van der Waals surface area contributed by atoms with E-state index in [4.69, 9.17) is 59.9 Å². The van der Waals surface area contributed by atoms with Crippen LogP contribution in [0.1, 0.15) is 173 Å². The zero-order valence-corrected chi connectivity index (χ0v) is 88.0. The normalized spacial score (nSPS) is 14.4. The number of thiophene rings is 5. The number of aromatic nitrogens is 14. The second-order valence-electron chi connectivity index (χ2n) is 31.5. The number of hydrogen-bond acceptors (Lipinski definition) is 34. The molecule has 0 spiro atoms. The first-order chi connectivity index (χ1) is 63.2. The number of carboxylic acid groups (broad SMARTS) is 1. The van der Waals surface area contributed by atoms with E-state index in [0.717, 1.165) is 69.5 Å². The van der Waals surface area contributed by atoms with Gasteiger partial charge in [0.25, 0.3) is 29.5 Å². The maximum atomic E-state index is 13.0. The third kappa shape index (κ3) is 26.5. The number of ether oxygens (including phenoxy) is 4. The smallest absolute Gasteiger partial charge is 0.870 e. The predicted molar refractivity (Wildman–Crippen MR) is 524 cm³/mol. The zero-order valence-electron chi connectivity index (χ0n) is 76.9. The quantitative estimate of drug-likeness (QED) is 0.0118. The number of aliphatic carboxylic acids is 1. The maximum absolute atomic E-state index is 13.0. The van der Waals surface area contributed by atoms with Crippen molar-refractivity contribution in [1.29, 1.82) is 0 Å². The summed E-state index contributed by atoms with van der Waals surface area (Å²) in [5.74, 6) is -0.0141. The van der Waals surface area contributed by atoms with Gasteiger partial charge in [0.1, 0.15) is 54.1 Å². The van der Waals surface area contributed by atoms with Crippen LogP contribution in [0, 0.1) is 0 Å². The minimum atomic E-state index is -1.03. The number of nitrogens with zero attached hydrogens (tertiary/aromatic N) is 18. The van der Waals surface area contributed by atoms with Crippen LogP contribution in [0.15, 0.2) is 124 Å². The monoisotopic (exact) mass is 2200 g/mol. The average molecular weight is 2210 g/mol. The molecule has 5 aliphatic rings. The molecule has 5 amide bonds. The van der Waals surface area contributed by atoms with Crippen LogP contribution in [-0.2, 0) is 91.8 Å². The van der Waals surface area contributed by atoms with Gasteiger partial charge in [-0.25, -0.2) is 39.9 Å². The fourth-order valence-corrected chi connectivity index (χ4v) is 21.5. The largest absolute Gasteiger partial charge is 1.00 e. The zero-order chi connectivity index (χ0) is 98.4. The Kier molecular flexibility index (Phi) is 38.8. The SMILES string of the molecule is CC1(C)NC(=O)c2cc(Br)sc21.CCOC(=O)CBr.CCOC(=O)CN1C(=O)c2cc(-c3ccnc(Cl)n3)sc2C1(C)C.CCOC(=O)CN1C(=O)c2cc(-c3ccnc(Nc4ccnn4C)n3)sc2C1(C)C.CCOC(=O)CN1C(=O)c2cc(Br)sc2C1(C)C.Clc1ccnc(Cl)n1.Cn1nccc1N.Cn1nccc1Nc1nccc(-c2cc3c(s2)C(C)(C)N(CC(=O)O)C3=O)n1.[Li+].[OH-]. The number of alkyl halides is 1. The molecule has 38 nitrogen and oxygen atoms in total. The van der Waals surface area contributed by atoms with Crippen molar-refractivity contribution < 1.29 is 96.3 Å². The molecule has 17 rings (SSSR count). The van der Waals surface area contributed by atoms with Crippen LogP contribution in [0.3, 0.4) is 0 Å². The van der Waals surface area contributed by atoms with E-state index in [1.807, 2.05) is 120 Å². The second-order valence-corrected chi connectivity index (χ2v) is 41.1. The number of hydrogen-bond donors (Lipinski definition) is 5. The number of aryl methyl sites for hydroxylation is 3. The minimum Gasteiger partial charge on any atom is -0.870 e. The van der Waals surface area contributed by atoms with Crippen molar-refractivity contribution in [3.63, 3.8) is 0 Å². The molecule has 0 radical (unpaired) electrons. The number of rotatable bonds is 20. The molecule has 136 heavy (non-hydrogen) atoms. The molecule has 12 aromatic rings. The summed E-state index contributed by atoms with van der Waals surface area (Å²) < 4.78 is 26.3. The minimum absolute atomic E-state index is 0. The van der Waals surface area contributed by atoms with E-state index in [1.54, 1.807) is 148 Å². The first kappa shape index (κ1) is 111. The number of amides is 5. The molecule has 0 aliphatic carbocycles. The van der Waals surface area contributed by atoms with Gasteiger partial charge in [-0.15, -0.1) is 56.7 Å². The number of fused-ring (bicyclic) bond motifs is 5. The molecule has 17 heterocycles. The summed E-state index contributed by atoms with van der Waals surface area (Å²) in [6, 6.07) is 21.4. The van der Waals surface area contributed by atoms with E-state index >= 15 is 0 Å². The molecule has 50 heteroatoms. The van der Waals surface area contributed by atoms with Gasteiger partial charge in [0.2, 0.25) is 22.5 Å². The van der Waals surface area contributed by atoms with Crippen molar-refractivity contribution in [1.82, 2.24) is 94.1 Å². The fraction of sp³-hybridized carbons (Fsp3) is 0.360. The summed E-state index contributed by atoms with van der Waals surface area (Å²) in [7, 11) is 5.44. The summed E-state index contributed by atoms with van der Waals surface area (Å²) in [5, 5.41) is 31.3. The fourth-order valence-electron chi connectivity index (χ4n) is 13.8. The van der Waals surface area contributed by atoms with Crippen LogP contribution in [-0.4, -0.2) is 217 Å². The van der Waals surface area contributed by atoms with E-state index in [2.05, 4.69) is 124 Å². The molecule has 12 aromatic heterocycles. The van der Waals surface area contributed by atoms with Gasteiger partial charge in [0.05, 0.1) is 140 Å². The van der Waals surface area contributed by atoms with Crippen molar-refractivity contribution in [3.8, 4) is 31.7 Å². The Labute approximate surface area is 854 Å². The summed E-state index contributed by atoms with van der Waals surface area (Å²) in [5.41, 5.74) is 8.12. The van der Waals surface area contributed by atoms with Gasteiger partial charge in [-0.05, 0) is 213 Å². The number of carboxylic acids is 1. The van der Waals surface area contributed by atoms with Gasteiger partial charge >= 0.3 is 48.7 Å². The first-order valence-electron chi connectivity index (χ1n) is 40.8. The third-order valence-electron chi connectivity index (χ3n) is 20.4. The van der Waals surface area contributed by atoms with Crippen molar-refractivity contribution in [2.45, 2.75) is 125 Å². The van der Waals surface area contributed by atoms with Gasteiger partial charge in [0.15, 0.2) is 0 Å². The molecule has 0 saturated carbocycles. The maximum Gasteiger partial charge on any atom is 1.00 e. The topological polar surface area (TPSA) is 489 Å². The molecule has 0 atom stereocenters. The first-order valence-corrected chi connectivity index (χ1v) is 48.7. The van der Waals surface area contributed by atoms with Crippen LogP contribution in [0.25, 0.3) is 31.7 Å². The number of halogens is 6. The number of nitrogens with two attached hydrogens (primary N) is 1. The third-order valence-corrected chi connectivity index (χ3v) is 29.8. The van der Waals surface area contributed by atoms with E-state index in [0.29, 0.717) is 81.7 Å². The van der Waals surface area contributed by atoms with Gasteiger partial charge in [-0.2, -0.15) is 15.3 Å². The Morgan fingerprint density at radius 2 is 0.772 bits per heavy atom. The van der Waals surface area contributed by atoms with Crippen LogP contribution in [0.4, 0.5) is 29.4 Å². The Bertz CT molecular complexity index is 6320. The standard InChI is InChI=1S/C20H22N6O3S.C18H18N6O3S.C16H16ClN3O3S.C12H14BrNO3S.C8H8BrNOS.C4H7BrO2.C4H2Cl2N2.C4H7N3.Li.H2O/c1-5-29-16(27)11-26-18(28)12-10-14(30-17(12)20(26,2)3)13-6-8-21-19(23-13)24-15-7-9-22-25(15)4;1-18(2)15-10(16(27)24(18)9-14(25)26)8-12(28-15)11-4-6-19-17(21-11)22-13-5-7-20-23(13)3;1-4-23-12(21)8-20-14(22)9-7-11(24-13(9)16(20,2)3)10-5-6-18-15(17)19-10;1-4-17-9(15)6-14-11(16)7-5-8(13)18-10(7)12(14,2)3;1-8(2)6-4(7(11)10-8)3-5(9)12-6;1-2-7-4(6)3-5;5-3-1-2-7-4(6)8-3;1-7-4(5)2-3-6-7;;/h6-10H,5,11H2,1-4H3,(H,21,23,24);4-8H,9H2,1-3H3,(H,25,26)(H,19,21,22);5-7H,4,8H2,1-3H3;5H,4,6H2,1-3H3;3H,1-2H3,(H,10,11);2-3H2,1H3;1-2H;2-3H,5H2,1H3;;1H2/q;;;;;;;;+1;/p-1. The number of anilines is 5. The van der Waals surface area contributed by atoms with Gasteiger partial charge in [-0.1, -0.05) is 27.5 Å². The van der Waals surface area contributed by atoms with E-state index in [-0.39, 0.29) is 115 Å². The molecule has 0 aromatic carbocycles. The van der Waals surface area contributed by atoms with E-state index in [9.17, 15) is 47.9 Å². The average Bonchev–Trinajstić information content (AvgIpc) is 1.61. The molecule has 0 fully saturated rings. The summed E-state index contributed by atoms with van der Waals surface area (Å²) >= 11 is 33.9. The van der Waals surface area contributed by atoms with E-state index in [1.165, 1.54) is 56.4 Å². The Morgan fingerprint density at radius 3 is 1.07 bits per heavy atom. The Hall–Kier alpha value is -10.6. The summed E-state index contributed by atoms with van der Waals surface area (Å²) in [6.07, 6.45) is 11.4. The Morgan fingerprint density at radius 1 is 0.441 bits per heavy atom. The molecule has 7 N–H and O–H groups in total. The molecule has 0 bridgehead atoms. The van der Waals surface area contributed by atoms with Gasteiger partial charge < -0.3 is 70.8 Å². The summed E-state index contributed by atoms with van der Waals surface area (Å²) in [6.45, 7) is 27.3. The molecule has 718 valence electrons. The molecule has 5 aliphatic heterocycles. The van der Waals surface area contributed by atoms with Crippen molar-refractivity contribution in [2.24, 2.45) is 21.1 Å². The Balaban J connectivity index is 0.000000200. The van der Waals surface area contributed by atoms with Crippen LogP contribution >= 0.6 is 139 Å². The van der Waals surface area contributed by atoms with Crippen molar-refractivity contribution in [2.75, 3.05) is 74.3 Å². The summed E-state index contributed by atoms with van der Waals surface area (Å²) in [4.78, 5) is 165. The predicted octanol–water partition coefficient (Wildman–Crippen LogP) is 13.3. The van der Waals surface area contributed by atoms with Crippen molar-refractivity contribution in [3.05, 3.63) is 192 Å². The molecular formula is C86H95Br3Cl3LiN22O16S5. The van der Waals surface area contributed by atoms with Crippen LogP contribution < -0.4 is 40.5 Å². The number of nitrogen functional groups attached to an aromatic ring is 1. The second kappa shape index (κ2) is 47.7. The number of esters is 4. The van der Waals surface area contributed by atoms with Gasteiger partial charge in [0, 0.05) is 82.4 Å².